The van der Waals surface area contributed by atoms with Crippen LogP contribution in [0.5, 0.6) is 0 Å². The molecule has 0 heterocycles. The lowest BCUT2D eigenvalue weighted by Gasteiger charge is -2.22. The summed E-state index contributed by atoms with van der Waals surface area (Å²) in [5, 5.41) is 21.7. The van der Waals surface area contributed by atoms with Crippen LogP contribution >= 0.6 is 0 Å². The van der Waals surface area contributed by atoms with Gasteiger partial charge in [0.05, 0.1) is 0 Å². The molecule has 268 valence electrons. The van der Waals surface area contributed by atoms with E-state index in [1.54, 1.807) is 0 Å². The first-order valence-corrected chi connectivity index (χ1v) is 20.8. The van der Waals surface area contributed by atoms with E-state index >= 15 is 0 Å². The SMILES string of the molecule is CCCCCCCCC(CCc1cccc2ccc3c4ccc5ccccc5c4ccc3c12)c1cccc2ccc3c4ccc5ccccc5c4ccc3c12. The van der Waals surface area contributed by atoms with Crippen LogP contribution in [-0.4, -0.2) is 0 Å². The van der Waals surface area contributed by atoms with E-state index in [0.717, 1.165) is 12.8 Å². The highest BCUT2D eigenvalue weighted by Gasteiger charge is 2.19. The van der Waals surface area contributed by atoms with Gasteiger partial charge in [0.1, 0.15) is 0 Å². The summed E-state index contributed by atoms with van der Waals surface area (Å²) >= 11 is 0. The predicted octanol–water partition coefficient (Wildman–Crippen LogP) is 16.4. The van der Waals surface area contributed by atoms with E-state index in [9.17, 15) is 0 Å². The van der Waals surface area contributed by atoms with Crippen LogP contribution in [0.15, 0.2) is 158 Å². The van der Waals surface area contributed by atoms with E-state index in [1.165, 1.54) is 142 Å². The van der Waals surface area contributed by atoms with Crippen LogP contribution in [0, 0.1) is 0 Å². The first kappa shape index (κ1) is 33.8. The van der Waals surface area contributed by atoms with Crippen LogP contribution < -0.4 is 0 Å². The van der Waals surface area contributed by atoms with Crippen molar-refractivity contribution in [2.24, 2.45) is 0 Å². The second-order valence-corrected chi connectivity index (χ2v) is 16.0. The fourth-order valence-electron chi connectivity index (χ4n) is 10.00. The van der Waals surface area contributed by atoms with Crippen LogP contribution in [0.3, 0.4) is 0 Å². The molecule has 1 unspecified atom stereocenters. The Morgan fingerprint density at radius 2 is 0.782 bits per heavy atom. The number of rotatable bonds is 11. The molecular weight excluding hydrogens is 661 g/mol. The molecule has 0 spiro atoms. The maximum absolute atomic E-state index is 2.46. The minimum Gasteiger partial charge on any atom is -0.0654 e. The number of unbranched alkanes of at least 4 members (excludes halogenated alkanes) is 5. The quantitative estimate of drug-likeness (QED) is 0.0927. The van der Waals surface area contributed by atoms with Crippen LogP contribution in [0.4, 0.5) is 0 Å². The van der Waals surface area contributed by atoms with Gasteiger partial charge in [0, 0.05) is 0 Å². The summed E-state index contributed by atoms with van der Waals surface area (Å²) in [5.74, 6) is 0.477. The van der Waals surface area contributed by atoms with Gasteiger partial charge in [-0.15, -0.1) is 0 Å². The highest BCUT2D eigenvalue weighted by Crippen LogP contribution is 2.41. The molecule has 0 aliphatic heterocycles. The lowest BCUT2D eigenvalue weighted by Crippen LogP contribution is -2.04. The molecular formula is C55H48. The van der Waals surface area contributed by atoms with Gasteiger partial charge in [-0.25, -0.2) is 0 Å². The minimum atomic E-state index is 0.477. The molecule has 10 rings (SSSR count). The molecule has 0 saturated heterocycles. The maximum Gasteiger partial charge on any atom is -0.00703 e. The van der Waals surface area contributed by atoms with Gasteiger partial charge < -0.3 is 0 Å². The Morgan fingerprint density at radius 3 is 1.44 bits per heavy atom. The molecule has 0 nitrogen and oxygen atoms in total. The third kappa shape index (κ3) is 6.00. The second-order valence-electron chi connectivity index (χ2n) is 16.0. The molecule has 0 aromatic heterocycles. The smallest absolute Gasteiger partial charge is 0.00703 e. The molecule has 0 fully saturated rings. The van der Waals surface area contributed by atoms with E-state index in [4.69, 9.17) is 0 Å². The van der Waals surface area contributed by atoms with Crippen molar-refractivity contribution in [3.05, 3.63) is 169 Å². The van der Waals surface area contributed by atoms with Crippen molar-refractivity contribution in [3.63, 3.8) is 0 Å². The van der Waals surface area contributed by atoms with Crippen LogP contribution in [0.2, 0.25) is 0 Å². The predicted molar refractivity (Wildman–Crippen MR) is 242 cm³/mol. The van der Waals surface area contributed by atoms with Crippen molar-refractivity contribution < 1.29 is 0 Å². The summed E-state index contributed by atoms with van der Waals surface area (Å²) < 4.78 is 0. The minimum absolute atomic E-state index is 0.477. The first-order chi connectivity index (χ1) is 27.3. The van der Waals surface area contributed by atoms with Gasteiger partial charge in [-0.3, -0.25) is 0 Å². The summed E-state index contributed by atoms with van der Waals surface area (Å²) in [4.78, 5) is 0. The van der Waals surface area contributed by atoms with Gasteiger partial charge in [-0.05, 0) is 122 Å². The number of hydrogen-bond acceptors (Lipinski definition) is 0. The van der Waals surface area contributed by atoms with Gasteiger partial charge in [0.2, 0.25) is 0 Å². The number of hydrogen-bond donors (Lipinski definition) is 0. The van der Waals surface area contributed by atoms with E-state index in [-0.39, 0.29) is 0 Å². The fraction of sp³-hybridized carbons (Fsp3) is 0.200. The zero-order valence-electron chi connectivity index (χ0n) is 32.0. The third-order valence-electron chi connectivity index (χ3n) is 12.8. The van der Waals surface area contributed by atoms with E-state index < -0.39 is 0 Å². The molecule has 10 aromatic rings. The van der Waals surface area contributed by atoms with Crippen LogP contribution in [0.1, 0.15) is 75.3 Å². The molecule has 0 saturated carbocycles. The average molecular weight is 709 g/mol. The van der Waals surface area contributed by atoms with Crippen molar-refractivity contribution in [1.82, 2.24) is 0 Å². The third-order valence-corrected chi connectivity index (χ3v) is 12.8. The van der Waals surface area contributed by atoms with E-state index in [1.807, 2.05) is 0 Å². The Bertz CT molecular complexity index is 3040. The lowest BCUT2D eigenvalue weighted by atomic mass is 9.82. The van der Waals surface area contributed by atoms with E-state index in [2.05, 4.69) is 165 Å². The molecule has 0 heteroatoms. The van der Waals surface area contributed by atoms with E-state index in [0.29, 0.717) is 5.92 Å². The topological polar surface area (TPSA) is 0 Å². The van der Waals surface area contributed by atoms with Gasteiger partial charge in [-0.1, -0.05) is 203 Å². The standard InChI is InChI=1S/C55H48/c1-2-3-4-5-6-7-14-39(45-22-13-19-42-28-32-51-49-30-26-38-16-9-11-21-44(38)47(49)34-36-53(51)55(42)45)23-24-40-17-12-18-41-27-31-50-48-29-25-37-15-8-10-20-43(37)46(48)33-35-52(50)54(40)41/h8-13,15-22,25-36,39H,2-7,14,23-24H2,1H3. The Kier molecular flexibility index (Phi) is 8.91. The van der Waals surface area contributed by atoms with Crippen molar-refractivity contribution in [3.8, 4) is 0 Å². The molecule has 0 aliphatic rings. The average Bonchev–Trinajstić information content (AvgIpc) is 3.24. The summed E-state index contributed by atoms with van der Waals surface area (Å²) in [6.45, 7) is 2.31. The lowest BCUT2D eigenvalue weighted by molar-refractivity contribution is 0.519. The second kappa shape index (κ2) is 14.5. The van der Waals surface area contributed by atoms with Gasteiger partial charge >= 0.3 is 0 Å². The molecule has 55 heavy (non-hydrogen) atoms. The largest absolute Gasteiger partial charge is 0.0654 e. The zero-order chi connectivity index (χ0) is 36.7. The molecule has 0 N–H and O–H groups in total. The van der Waals surface area contributed by atoms with Gasteiger partial charge in [0.15, 0.2) is 0 Å². The monoisotopic (exact) mass is 708 g/mol. The maximum atomic E-state index is 2.46. The molecule has 0 amide bonds. The molecule has 0 bridgehead atoms. The summed E-state index contributed by atoms with van der Waals surface area (Å²) in [5.41, 5.74) is 3.00. The first-order valence-electron chi connectivity index (χ1n) is 20.8. The van der Waals surface area contributed by atoms with Crippen molar-refractivity contribution in [2.75, 3.05) is 0 Å². The highest BCUT2D eigenvalue weighted by molar-refractivity contribution is 6.24. The summed E-state index contributed by atoms with van der Waals surface area (Å²) in [7, 11) is 0. The number of benzene rings is 10. The number of fused-ring (bicyclic) bond motifs is 14. The Hall–Kier alpha value is -5.72. The van der Waals surface area contributed by atoms with Gasteiger partial charge in [0.25, 0.3) is 0 Å². The van der Waals surface area contributed by atoms with Crippen LogP contribution in [-0.2, 0) is 6.42 Å². The zero-order valence-corrected chi connectivity index (χ0v) is 32.0. The Labute approximate surface area is 324 Å². The Morgan fingerprint density at radius 1 is 0.327 bits per heavy atom. The highest BCUT2D eigenvalue weighted by atomic mass is 14.2. The molecule has 0 radical (unpaired) electrons. The summed E-state index contributed by atoms with van der Waals surface area (Å²) in [6.07, 6.45) is 11.4. The molecule has 0 aliphatic carbocycles. The normalized spacial score (nSPS) is 12.7. The molecule has 10 aromatic carbocycles. The van der Waals surface area contributed by atoms with Crippen molar-refractivity contribution >= 4 is 86.2 Å². The number of aryl methyl sites for hydroxylation is 1. The fourth-order valence-corrected chi connectivity index (χ4v) is 10.00. The van der Waals surface area contributed by atoms with Crippen molar-refractivity contribution in [1.29, 1.82) is 0 Å². The molecule has 1 atom stereocenters. The van der Waals surface area contributed by atoms with Crippen LogP contribution in [0.25, 0.3) is 86.2 Å². The van der Waals surface area contributed by atoms with Gasteiger partial charge in [-0.2, -0.15) is 0 Å². The Balaban J connectivity index is 1.08. The summed E-state index contributed by atoms with van der Waals surface area (Å²) in [6, 6.07) is 60.0. The van der Waals surface area contributed by atoms with Crippen molar-refractivity contribution in [2.45, 2.75) is 70.6 Å².